The van der Waals surface area contributed by atoms with Gasteiger partial charge in [-0.3, -0.25) is 9.88 Å². The van der Waals surface area contributed by atoms with E-state index in [1.807, 2.05) is 35.8 Å². The van der Waals surface area contributed by atoms with Gasteiger partial charge < -0.3 is 0 Å². The number of nitrogens with zero attached hydrogens (tertiary/aromatic N) is 2. The van der Waals surface area contributed by atoms with Gasteiger partial charge in [0, 0.05) is 18.9 Å². The Kier molecular flexibility index (Phi) is 5.38. The summed E-state index contributed by atoms with van der Waals surface area (Å²) in [6.45, 7) is 2.42. The molecular formula is C21H22N2O2S2. The second-order valence-electron chi connectivity index (χ2n) is 6.92. The van der Waals surface area contributed by atoms with E-state index >= 15 is 0 Å². The first-order chi connectivity index (χ1) is 13.1. The molecular weight excluding hydrogens is 376 g/mol. The Morgan fingerprint density at radius 2 is 1.81 bits per heavy atom. The quantitative estimate of drug-likeness (QED) is 0.645. The summed E-state index contributed by atoms with van der Waals surface area (Å²) in [5, 5.41) is 3.80. The van der Waals surface area contributed by atoms with Gasteiger partial charge in [0.15, 0.2) is 9.84 Å². The molecule has 0 spiro atoms. The van der Waals surface area contributed by atoms with E-state index in [1.54, 1.807) is 29.7 Å². The van der Waals surface area contributed by atoms with Crippen LogP contribution in [0.1, 0.15) is 18.4 Å². The molecule has 3 heterocycles. The van der Waals surface area contributed by atoms with Gasteiger partial charge in [0.2, 0.25) is 0 Å². The van der Waals surface area contributed by atoms with Crippen LogP contribution in [0.4, 0.5) is 0 Å². The van der Waals surface area contributed by atoms with E-state index in [0.717, 1.165) is 30.8 Å². The molecule has 4 nitrogen and oxygen atoms in total. The maximum absolute atomic E-state index is 13.0. The maximum Gasteiger partial charge on any atom is 0.181 e. The van der Waals surface area contributed by atoms with Crippen molar-refractivity contribution in [1.82, 2.24) is 9.88 Å². The molecule has 0 atom stereocenters. The zero-order valence-corrected chi connectivity index (χ0v) is 16.6. The fourth-order valence-electron chi connectivity index (χ4n) is 3.59. The van der Waals surface area contributed by atoms with Gasteiger partial charge in [-0.25, -0.2) is 8.42 Å². The molecule has 0 aliphatic carbocycles. The summed E-state index contributed by atoms with van der Waals surface area (Å²) in [5.74, 6) is 0. The molecule has 140 valence electrons. The zero-order valence-electron chi connectivity index (χ0n) is 15.0. The van der Waals surface area contributed by atoms with E-state index in [2.05, 4.69) is 21.3 Å². The molecule has 6 heteroatoms. The van der Waals surface area contributed by atoms with Crippen LogP contribution in [-0.2, 0) is 16.4 Å². The molecule has 1 saturated heterocycles. The minimum atomic E-state index is -3.28. The van der Waals surface area contributed by atoms with E-state index in [-0.39, 0.29) is 5.25 Å². The molecule has 0 unspecified atom stereocenters. The van der Waals surface area contributed by atoms with Gasteiger partial charge >= 0.3 is 0 Å². The van der Waals surface area contributed by atoms with Crippen LogP contribution in [0.2, 0.25) is 0 Å². The van der Waals surface area contributed by atoms with E-state index in [9.17, 15) is 8.42 Å². The number of aromatic nitrogens is 1. The Labute approximate surface area is 164 Å². The fraction of sp³-hybridized carbons (Fsp3) is 0.286. The largest absolute Gasteiger partial charge is 0.299 e. The molecule has 0 radical (unpaired) electrons. The summed E-state index contributed by atoms with van der Waals surface area (Å²) >= 11 is 1.64. The number of likely N-dealkylation sites (tertiary alicyclic amines) is 1. The summed E-state index contributed by atoms with van der Waals surface area (Å²) in [4.78, 5) is 6.89. The van der Waals surface area contributed by atoms with Crippen LogP contribution in [0.15, 0.2) is 70.5 Å². The van der Waals surface area contributed by atoms with Crippen molar-refractivity contribution in [3.8, 4) is 11.1 Å². The van der Waals surface area contributed by atoms with Crippen LogP contribution in [0.25, 0.3) is 11.1 Å². The first-order valence-corrected chi connectivity index (χ1v) is 11.6. The van der Waals surface area contributed by atoms with Crippen LogP contribution >= 0.6 is 11.3 Å². The highest BCUT2D eigenvalue weighted by Gasteiger charge is 2.31. The van der Waals surface area contributed by atoms with Crippen molar-refractivity contribution in [1.29, 1.82) is 0 Å². The van der Waals surface area contributed by atoms with Crippen molar-refractivity contribution in [2.24, 2.45) is 0 Å². The maximum atomic E-state index is 13.0. The summed E-state index contributed by atoms with van der Waals surface area (Å²) in [7, 11) is -3.28. The molecule has 1 fully saturated rings. The van der Waals surface area contributed by atoms with E-state index < -0.39 is 9.84 Å². The lowest BCUT2D eigenvalue weighted by Gasteiger charge is -2.31. The molecule has 0 amide bonds. The molecule has 2 aromatic heterocycles. The molecule has 1 aromatic carbocycles. The monoisotopic (exact) mass is 398 g/mol. The van der Waals surface area contributed by atoms with E-state index in [4.69, 9.17) is 0 Å². The number of thiophene rings is 1. The third-order valence-electron chi connectivity index (χ3n) is 5.14. The zero-order chi connectivity index (χ0) is 18.7. The number of rotatable bonds is 5. The van der Waals surface area contributed by atoms with Gasteiger partial charge in [0.05, 0.1) is 10.1 Å². The molecule has 0 saturated carbocycles. The van der Waals surface area contributed by atoms with Crippen LogP contribution in [0.5, 0.6) is 0 Å². The molecule has 0 bridgehead atoms. The Bertz CT molecular complexity index is 961. The number of sulfone groups is 1. The van der Waals surface area contributed by atoms with Crippen LogP contribution in [0, 0.1) is 0 Å². The smallest absolute Gasteiger partial charge is 0.181 e. The van der Waals surface area contributed by atoms with Crippen molar-refractivity contribution in [3.63, 3.8) is 0 Å². The number of hydrogen-bond acceptors (Lipinski definition) is 5. The van der Waals surface area contributed by atoms with E-state index in [1.165, 1.54) is 5.56 Å². The fourth-order valence-corrected chi connectivity index (χ4v) is 5.98. The van der Waals surface area contributed by atoms with Crippen molar-refractivity contribution in [3.05, 3.63) is 71.2 Å². The number of piperidine rings is 1. The highest BCUT2D eigenvalue weighted by molar-refractivity contribution is 7.92. The Morgan fingerprint density at radius 3 is 2.44 bits per heavy atom. The van der Waals surface area contributed by atoms with Crippen LogP contribution in [0.3, 0.4) is 0 Å². The predicted molar refractivity (Wildman–Crippen MR) is 109 cm³/mol. The summed E-state index contributed by atoms with van der Waals surface area (Å²) < 4.78 is 26.0. The van der Waals surface area contributed by atoms with Crippen molar-refractivity contribution in [2.75, 3.05) is 13.1 Å². The molecule has 0 N–H and O–H groups in total. The Balaban J connectivity index is 1.41. The molecule has 1 aliphatic heterocycles. The number of benzene rings is 1. The second-order valence-corrected chi connectivity index (χ2v) is 9.93. The average molecular weight is 399 g/mol. The van der Waals surface area contributed by atoms with Gasteiger partial charge in [-0.2, -0.15) is 11.3 Å². The van der Waals surface area contributed by atoms with Gasteiger partial charge in [-0.15, -0.1) is 0 Å². The van der Waals surface area contributed by atoms with Crippen LogP contribution in [-0.4, -0.2) is 36.6 Å². The van der Waals surface area contributed by atoms with Crippen LogP contribution < -0.4 is 0 Å². The first-order valence-electron chi connectivity index (χ1n) is 9.11. The highest BCUT2D eigenvalue weighted by Crippen LogP contribution is 2.28. The minimum Gasteiger partial charge on any atom is -0.299 e. The van der Waals surface area contributed by atoms with E-state index in [0.29, 0.717) is 17.7 Å². The van der Waals surface area contributed by atoms with Crippen molar-refractivity contribution in [2.45, 2.75) is 29.5 Å². The summed E-state index contributed by atoms with van der Waals surface area (Å²) in [5.41, 5.74) is 3.36. The summed E-state index contributed by atoms with van der Waals surface area (Å²) in [6.07, 6.45) is 4.99. The molecule has 1 aliphatic rings. The topological polar surface area (TPSA) is 50.3 Å². The lowest BCUT2D eigenvalue weighted by molar-refractivity contribution is 0.222. The first kappa shape index (κ1) is 18.3. The highest BCUT2D eigenvalue weighted by atomic mass is 32.2. The van der Waals surface area contributed by atoms with Gasteiger partial charge in [0.1, 0.15) is 0 Å². The Morgan fingerprint density at radius 1 is 1.04 bits per heavy atom. The molecule has 4 rings (SSSR count). The Hall–Kier alpha value is -2.02. The second kappa shape index (κ2) is 7.92. The SMILES string of the molecule is O=S(=O)(c1ccc(-c2ccsc2)cc1)C1CCN(Cc2cccnc2)CC1. The average Bonchev–Trinajstić information content (AvgIpc) is 3.24. The third-order valence-corrected chi connectivity index (χ3v) is 8.10. The van der Waals surface area contributed by atoms with Crippen molar-refractivity contribution < 1.29 is 8.42 Å². The minimum absolute atomic E-state index is 0.297. The standard InChI is InChI=1S/C21H22N2O2S2/c24-27(25,20-5-3-18(4-6-20)19-9-13-26-16-19)21-7-11-23(12-8-21)15-17-2-1-10-22-14-17/h1-6,9-10,13-14,16,21H,7-8,11-12,15H2. The van der Waals surface area contributed by atoms with Gasteiger partial charge in [-0.05, 0) is 77.6 Å². The lowest BCUT2D eigenvalue weighted by Crippen LogP contribution is -2.38. The lowest BCUT2D eigenvalue weighted by atomic mass is 10.1. The van der Waals surface area contributed by atoms with Gasteiger partial charge in [0.25, 0.3) is 0 Å². The number of pyridine rings is 1. The van der Waals surface area contributed by atoms with Gasteiger partial charge in [-0.1, -0.05) is 18.2 Å². The number of hydrogen-bond donors (Lipinski definition) is 0. The molecule has 3 aromatic rings. The van der Waals surface area contributed by atoms with Crippen molar-refractivity contribution >= 4 is 21.2 Å². The third kappa shape index (κ3) is 4.13. The molecule has 27 heavy (non-hydrogen) atoms. The predicted octanol–water partition coefficient (Wildman–Crippen LogP) is 4.25. The normalized spacial score (nSPS) is 16.4. The summed E-state index contributed by atoms with van der Waals surface area (Å²) in [6, 6.07) is 13.4.